The quantitative estimate of drug-likeness (QED) is 0.403. The summed E-state index contributed by atoms with van der Waals surface area (Å²) in [5.41, 5.74) is 3.63. The maximum Gasteiger partial charge on any atom is 0.226 e. The monoisotopic (exact) mass is 398 g/mol. The molecule has 30 heavy (non-hydrogen) atoms. The minimum atomic E-state index is 0.396. The highest BCUT2D eigenvalue weighted by Gasteiger charge is 2.13. The first-order chi connectivity index (χ1) is 14.8. The van der Waals surface area contributed by atoms with Crippen molar-refractivity contribution in [1.82, 2.24) is 9.97 Å². The maximum atomic E-state index is 6.07. The Morgan fingerprint density at radius 1 is 0.600 bits per heavy atom. The van der Waals surface area contributed by atoms with Crippen molar-refractivity contribution in [3.05, 3.63) is 102 Å². The van der Waals surface area contributed by atoms with Gasteiger partial charge in [0.2, 0.25) is 17.6 Å². The summed E-state index contributed by atoms with van der Waals surface area (Å²) in [5, 5.41) is 0. The number of pyridine rings is 2. The zero-order chi connectivity index (χ0) is 20.6. The summed E-state index contributed by atoms with van der Waals surface area (Å²) >= 11 is 0. The Morgan fingerprint density at radius 2 is 1.27 bits per heavy atom. The normalized spacial score (nSPS) is 10.4. The third kappa shape index (κ3) is 4.94. The van der Waals surface area contributed by atoms with Gasteiger partial charge in [-0.15, -0.1) is 0 Å². The largest absolute Gasteiger partial charge is 0.481 e. The second-order valence-corrected chi connectivity index (χ2v) is 6.62. The van der Waals surface area contributed by atoms with Crippen LogP contribution in [0.1, 0.15) is 11.1 Å². The van der Waals surface area contributed by atoms with Crippen molar-refractivity contribution >= 4 is 0 Å². The van der Waals surface area contributed by atoms with E-state index in [2.05, 4.69) is 9.97 Å². The number of hydrogen-bond donors (Lipinski definition) is 0. The summed E-state index contributed by atoms with van der Waals surface area (Å²) in [6.45, 7) is 0.829. The van der Waals surface area contributed by atoms with Crippen molar-refractivity contribution in [1.29, 1.82) is 0 Å². The second kappa shape index (κ2) is 9.56. The molecule has 2 aromatic carbocycles. The van der Waals surface area contributed by atoms with Gasteiger partial charge in [0.15, 0.2) is 0 Å². The summed E-state index contributed by atoms with van der Waals surface area (Å²) < 4.78 is 17.2. The number of nitrogens with zero attached hydrogens (tertiary/aromatic N) is 2. The molecule has 0 spiro atoms. The number of rotatable bonds is 8. The zero-order valence-corrected chi connectivity index (χ0v) is 16.7. The van der Waals surface area contributed by atoms with E-state index in [1.54, 1.807) is 13.2 Å². The maximum absolute atomic E-state index is 6.07. The Hall–Kier alpha value is -3.86. The summed E-state index contributed by atoms with van der Waals surface area (Å²) in [7, 11) is 1.59. The number of benzene rings is 2. The van der Waals surface area contributed by atoms with Gasteiger partial charge in [0.05, 0.1) is 18.4 Å². The Balaban J connectivity index is 1.60. The standard InChI is InChI=1S/C25H22N2O3/c1-28-23-14-8-13-22(26-23)21-15-16-24(29-17-19-9-4-2-5-10-19)27-25(21)30-18-20-11-6-3-7-12-20/h2-16H,17-18H2,1H3. The van der Waals surface area contributed by atoms with E-state index in [0.29, 0.717) is 30.9 Å². The van der Waals surface area contributed by atoms with Gasteiger partial charge in [-0.1, -0.05) is 66.7 Å². The molecule has 4 aromatic rings. The van der Waals surface area contributed by atoms with Crippen LogP contribution >= 0.6 is 0 Å². The lowest BCUT2D eigenvalue weighted by Gasteiger charge is -2.13. The van der Waals surface area contributed by atoms with E-state index >= 15 is 0 Å². The molecule has 5 nitrogen and oxygen atoms in total. The molecule has 150 valence electrons. The van der Waals surface area contributed by atoms with E-state index in [1.807, 2.05) is 84.9 Å². The van der Waals surface area contributed by atoms with Crippen LogP contribution in [0.3, 0.4) is 0 Å². The van der Waals surface area contributed by atoms with Gasteiger partial charge in [-0.2, -0.15) is 4.98 Å². The fourth-order valence-corrected chi connectivity index (χ4v) is 2.94. The highest BCUT2D eigenvalue weighted by atomic mass is 16.5. The van der Waals surface area contributed by atoms with Crippen molar-refractivity contribution in [2.75, 3.05) is 7.11 Å². The first-order valence-electron chi connectivity index (χ1n) is 9.68. The number of ether oxygens (including phenoxy) is 3. The van der Waals surface area contributed by atoms with E-state index in [4.69, 9.17) is 14.2 Å². The lowest BCUT2D eigenvalue weighted by molar-refractivity contribution is 0.268. The van der Waals surface area contributed by atoms with Crippen LogP contribution in [0, 0.1) is 0 Å². The highest BCUT2D eigenvalue weighted by molar-refractivity contribution is 5.66. The average Bonchev–Trinajstić information content (AvgIpc) is 2.83. The fraction of sp³-hybridized carbons (Fsp3) is 0.120. The average molecular weight is 398 g/mol. The third-order valence-corrected chi connectivity index (χ3v) is 4.49. The Morgan fingerprint density at radius 3 is 1.93 bits per heavy atom. The molecule has 0 aliphatic carbocycles. The molecular formula is C25H22N2O3. The SMILES string of the molecule is COc1cccc(-c2ccc(OCc3ccccc3)nc2OCc2ccccc2)n1. The Kier molecular flexibility index (Phi) is 6.20. The molecule has 0 aliphatic rings. The van der Waals surface area contributed by atoms with Crippen LogP contribution in [-0.2, 0) is 13.2 Å². The molecule has 5 heteroatoms. The minimum Gasteiger partial charge on any atom is -0.481 e. The number of methoxy groups -OCH3 is 1. The van der Waals surface area contributed by atoms with Crippen LogP contribution in [0.5, 0.6) is 17.6 Å². The molecule has 0 saturated heterocycles. The highest BCUT2D eigenvalue weighted by Crippen LogP contribution is 2.31. The predicted octanol–water partition coefficient (Wildman–Crippen LogP) is 5.31. The van der Waals surface area contributed by atoms with E-state index < -0.39 is 0 Å². The molecule has 0 radical (unpaired) electrons. The molecular weight excluding hydrogens is 376 g/mol. The molecule has 4 rings (SSSR count). The third-order valence-electron chi connectivity index (χ3n) is 4.49. The summed E-state index contributed by atoms with van der Waals surface area (Å²) in [6, 6.07) is 29.3. The van der Waals surface area contributed by atoms with Gasteiger partial charge < -0.3 is 14.2 Å². The van der Waals surface area contributed by atoms with Crippen molar-refractivity contribution in [2.45, 2.75) is 13.2 Å². The van der Waals surface area contributed by atoms with E-state index in [-0.39, 0.29) is 0 Å². The molecule has 0 amide bonds. The van der Waals surface area contributed by atoms with Crippen molar-refractivity contribution < 1.29 is 14.2 Å². The Bertz CT molecular complexity index is 1090. The second-order valence-electron chi connectivity index (χ2n) is 6.62. The minimum absolute atomic E-state index is 0.396. The lowest BCUT2D eigenvalue weighted by atomic mass is 10.1. The molecule has 2 aromatic heterocycles. The van der Waals surface area contributed by atoms with Gasteiger partial charge in [-0.25, -0.2) is 4.98 Å². The first-order valence-corrected chi connectivity index (χ1v) is 9.68. The van der Waals surface area contributed by atoms with E-state index in [0.717, 1.165) is 22.4 Å². The molecule has 0 aliphatic heterocycles. The van der Waals surface area contributed by atoms with E-state index in [9.17, 15) is 0 Å². The van der Waals surface area contributed by atoms with E-state index in [1.165, 1.54) is 0 Å². The number of hydrogen-bond acceptors (Lipinski definition) is 5. The first kappa shape index (κ1) is 19.5. The zero-order valence-electron chi connectivity index (χ0n) is 16.7. The smallest absolute Gasteiger partial charge is 0.226 e. The predicted molar refractivity (Wildman–Crippen MR) is 116 cm³/mol. The molecule has 0 N–H and O–H groups in total. The number of aromatic nitrogens is 2. The van der Waals surface area contributed by atoms with Crippen LogP contribution in [0.15, 0.2) is 91.0 Å². The topological polar surface area (TPSA) is 53.5 Å². The van der Waals surface area contributed by atoms with Crippen LogP contribution in [0.25, 0.3) is 11.3 Å². The van der Waals surface area contributed by atoms with Crippen molar-refractivity contribution in [3.8, 4) is 28.9 Å². The van der Waals surface area contributed by atoms with Gasteiger partial charge >= 0.3 is 0 Å². The molecule has 2 heterocycles. The van der Waals surface area contributed by atoms with Gasteiger partial charge in [0.25, 0.3) is 0 Å². The molecule has 0 saturated carbocycles. The molecule has 0 atom stereocenters. The molecule has 0 unspecified atom stereocenters. The molecule has 0 bridgehead atoms. The summed E-state index contributed by atoms with van der Waals surface area (Å²) in [5.74, 6) is 1.49. The van der Waals surface area contributed by atoms with Crippen LogP contribution < -0.4 is 14.2 Å². The van der Waals surface area contributed by atoms with Crippen molar-refractivity contribution in [2.24, 2.45) is 0 Å². The lowest BCUT2D eigenvalue weighted by Crippen LogP contribution is -2.03. The van der Waals surface area contributed by atoms with Crippen LogP contribution in [-0.4, -0.2) is 17.1 Å². The summed E-state index contributed by atoms with van der Waals surface area (Å²) in [6.07, 6.45) is 0. The Labute approximate surface area is 175 Å². The van der Waals surface area contributed by atoms with Gasteiger partial charge in [-0.05, 0) is 23.3 Å². The van der Waals surface area contributed by atoms with Crippen LogP contribution in [0.4, 0.5) is 0 Å². The van der Waals surface area contributed by atoms with Gasteiger partial charge in [0, 0.05) is 12.1 Å². The fourth-order valence-electron chi connectivity index (χ4n) is 2.94. The van der Waals surface area contributed by atoms with Crippen molar-refractivity contribution in [3.63, 3.8) is 0 Å². The van der Waals surface area contributed by atoms with Gasteiger partial charge in [0.1, 0.15) is 13.2 Å². The van der Waals surface area contributed by atoms with Gasteiger partial charge in [-0.3, -0.25) is 0 Å². The van der Waals surface area contributed by atoms with Crippen LogP contribution in [0.2, 0.25) is 0 Å². The molecule has 0 fully saturated rings. The summed E-state index contributed by atoms with van der Waals surface area (Å²) in [4.78, 5) is 9.13.